The smallest absolute Gasteiger partial charge is 0.352 e. The fraction of sp³-hybridized carbons (Fsp3) is 0.286. The van der Waals surface area contributed by atoms with E-state index in [1.54, 1.807) is 23.0 Å². The Morgan fingerprint density at radius 3 is 2.83 bits per heavy atom. The maximum atomic E-state index is 13.1. The molecule has 0 aliphatic carbocycles. The van der Waals surface area contributed by atoms with Gasteiger partial charge in [-0.15, -0.1) is 16.3 Å². The lowest BCUT2D eigenvalue weighted by Crippen LogP contribution is -2.71. The highest BCUT2D eigenvalue weighted by Gasteiger charge is 2.54. The number of methoxy groups -OCH3 is 1. The van der Waals surface area contributed by atoms with E-state index in [1.165, 1.54) is 29.5 Å². The minimum absolute atomic E-state index is 0.0727. The molecule has 1 saturated heterocycles. The molecule has 2 aliphatic rings. The summed E-state index contributed by atoms with van der Waals surface area (Å²) in [4.78, 5) is 59.9. The zero-order chi connectivity index (χ0) is 28.6. The van der Waals surface area contributed by atoms with Gasteiger partial charge in [-0.3, -0.25) is 19.3 Å². The fourth-order valence-corrected chi connectivity index (χ4v) is 5.90. The molecular weight excluding hydrogens is 568 g/mol. The number of aromatic nitrogens is 5. The molecule has 1 fully saturated rings. The quantitative estimate of drug-likeness (QED) is 0.0498. The van der Waals surface area contributed by atoms with E-state index in [2.05, 4.69) is 24.9 Å². The van der Waals surface area contributed by atoms with E-state index in [1.807, 2.05) is 0 Å². The molecule has 17 nitrogen and oxygen atoms in total. The van der Waals surface area contributed by atoms with Gasteiger partial charge in [0.1, 0.15) is 29.9 Å². The van der Waals surface area contributed by atoms with Gasteiger partial charge in [-0.2, -0.15) is 9.36 Å². The van der Waals surface area contributed by atoms with E-state index in [0.717, 1.165) is 16.4 Å². The molecule has 0 bridgehead atoms. The van der Waals surface area contributed by atoms with Gasteiger partial charge in [0, 0.05) is 36.0 Å². The average molecular weight is 590 g/mol. The van der Waals surface area contributed by atoms with E-state index in [9.17, 15) is 24.3 Å². The molecular formula is C21H21N10O7S2+. The van der Waals surface area contributed by atoms with Crippen LogP contribution < -0.4 is 21.4 Å². The second-order valence-corrected chi connectivity index (χ2v) is 10.3. The predicted molar refractivity (Wildman–Crippen MR) is 137 cm³/mol. The summed E-state index contributed by atoms with van der Waals surface area (Å²) in [5, 5.41) is 19.8. The van der Waals surface area contributed by atoms with Gasteiger partial charge < -0.3 is 31.5 Å². The Morgan fingerprint density at radius 1 is 1.35 bits per heavy atom. The van der Waals surface area contributed by atoms with Crippen LogP contribution in [0.4, 0.5) is 5.13 Å². The Hall–Kier alpha value is -4.62. The van der Waals surface area contributed by atoms with Crippen molar-refractivity contribution in [3.05, 3.63) is 47.3 Å². The number of carboxylic acids is 1. The Bertz CT molecular complexity index is 1600. The molecule has 0 aromatic carbocycles. The van der Waals surface area contributed by atoms with E-state index >= 15 is 0 Å². The number of carboxylic acid groups (broad SMARTS) is 1. The first kappa shape index (κ1) is 27.0. The lowest BCUT2D eigenvalue weighted by atomic mass is 10.0. The number of primary amides is 1. The number of nitrogens with zero attached hydrogens (tertiary/aromatic N) is 7. The first-order chi connectivity index (χ1) is 19.2. The van der Waals surface area contributed by atoms with Crippen molar-refractivity contribution >= 4 is 63.5 Å². The van der Waals surface area contributed by atoms with Crippen molar-refractivity contribution in [1.82, 2.24) is 29.2 Å². The summed E-state index contributed by atoms with van der Waals surface area (Å²) < 4.78 is 11.9. The molecule has 19 heteroatoms. The van der Waals surface area contributed by atoms with E-state index in [4.69, 9.17) is 21.0 Å². The molecule has 3 amide bonds. The number of carbonyl (C=O) groups is 4. The van der Waals surface area contributed by atoms with Crippen molar-refractivity contribution in [2.75, 3.05) is 25.4 Å². The van der Waals surface area contributed by atoms with Crippen LogP contribution >= 0.6 is 23.3 Å². The Kier molecular flexibility index (Phi) is 7.32. The highest BCUT2D eigenvalue weighted by atomic mass is 32.2. The van der Waals surface area contributed by atoms with Crippen molar-refractivity contribution in [3.8, 4) is 0 Å². The van der Waals surface area contributed by atoms with Crippen LogP contribution in [0.2, 0.25) is 0 Å². The zero-order valence-electron chi connectivity index (χ0n) is 20.6. The summed E-state index contributed by atoms with van der Waals surface area (Å²) in [7, 11) is 1.37. The normalized spacial score (nSPS) is 18.9. The number of fused-ring (bicyclic) bond motifs is 2. The molecule has 0 unspecified atom stereocenters. The van der Waals surface area contributed by atoms with Crippen LogP contribution in [-0.2, 0) is 30.5 Å². The number of ether oxygens (including phenoxy) is 1. The number of β-lactam (4-membered cyclic amide) rings is 1. The van der Waals surface area contributed by atoms with Crippen molar-refractivity contribution in [3.63, 3.8) is 0 Å². The van der Waals surface area contributed by atoms with Crippen molar-refractivity contribution in [1.29, 1.82) is 0 Å². The number of amides is 3. The van der Waals surface area contributed by atoms with Crippen molar-refractivity contribution < 1.29 is 38.4 Å². The number of hydrogen-bond donors (Lipinski definition) is 4. The largest absolute Gasteiger partial charge is 0.477 e. The number of oxime groups is 1. The van der Waals surface area contributed by atoms with Crippen LogP contribution in [0, 0.1) is 0 Å². The summed E-state index contributed by atoms with van der Waals surface area (Å²) in [6.45, 7) is -0.112. The summed E-state index contributed by atoms with van der Waals surface area (Å²) in [6, 6.07) is 2.07. The Labute approximate surface area is 232 Å². The number of thioether (sulfide) groups is 1. The third kappa shape index (κ3) is 4.92. The van der Waals surface area contributed by atoms with Crippen molar-refractivity contribution in [2.24, 2.45) is 10.9 Å². The van der Waals surface area contributed by atoms with Gasteiger partial charge in [0.05, 0.1) is 0 Å². The van der Waals surface area contributed by atoms with Gasteiger partial charge in [-0.05, 0) is 6.07 Å². The number of nitrogens with one attached hydrogen (secondary N) is 1. The molecule has 40 heavy (non-hydrogen) atoms. The number of nitrogen functional groups attached to an aromatic ring is 1. The molecule has 3 aromatic heterocycles. The minimum atomic E-state index is -1.28. The number of anilines is 1. The SMILES string of the molecule is COCO/N=C(\C(=O)N[C@@H]1C(=O)N2C(C(=O)O)=C(C[n+]3ccn4nc(C(N)=O)ccc43)CS[C@H]12)c1nsc(N)n1. The number of nitrogens with two attached hydrogens (primary N) is 2. The minimum Gasteiger partial charge on any atom is -0.477 e. The van der Waals surface area contributed by atoms with Crippen LogP contribution in [0.15, 0.2) is 41.0 Å². The Morgan fingerprint density at radius 2 is 2.15 bits per heavy atom. The number of imidazole rings is 1. The molecule has 5 heterocycles. The summed E-state index contributed by atoms with van der Waals surface area (Å²) in [5.74, 6) is -3.21. The molecule has 0 radical (unpaired) electrons. The first-order valence-corrected chi connectivity index (χ1v) is 13.2. The number of hydrogen-bond acceptors (Lipinski definition) is 13. The summed E-state index contributed by atoms with van der Waals surface area (Å²) in [5.41, 5.74) is 11.5. The molecule has 208 valence electrons. The molecule has 2 aliphatic heterocycles. The lowest BCUT2D eigenvalue weighted by molar-refractivity contribution is -0.662. The van der Waals surface area contributed by atoms with Crippen LogP contribution in [0.1, 0.15) is 16.3 Å². The van der Waals surface area contributed by atoms with Gasteiger partial charge in [0.15, 0.2) is 17.0 Å². The van der Waals surface area contributed by atoms with Crippen LogP contribution in [0.3, 0.4) is 0 Å². The second kappa shape index (κ2) is 10.9. The standard InChI is InChI=1S/C21H20N10O7S2/c1-37-8-38-27-12(16-25-21(23)40-28-16)17(33)24-13-18(34)31-14(20(35)36)9(7-39-19(13)31)6-29-4-5-30-11(29)3-2-10(26-30)15(22)32/h2-5,13,19H,6-8H2,1H3,(H5-,22,23,24,25,28,32,33,35,36)/p+1/b27-12-/t13-,19-/m1/s1. The van der Waals surface area contributed by atoms with Gasteiger partial charge in [-0.1, -0.05) is 10.3 Å². The fourth-order valence-electron chi connectivity index (χ4n) is 4.13. The highest BCUT2D eigenvalue weighted by molar-refractivity contribution is 8.00. The summed E-state index contributed by atoms with van der Waals surface area (Å²) in [6.07, 6.45) is 3.27. The molecule has 3 aromatic rings. The highest BCUT2D eigenvalue weighted by Crippen LogP contribution is 2.40. The van der Waals surface area contributed by atoms with Gasteiger partial charge in [0.2, 0.25) is 18.3 Å². The number of rotatable bonds is 10. The maximum Gasteiger partial charge on any atom is 0.352 e. The van der Waals surface area contributed by atoms with E-state index in [-0.39, 0.29) is 47.1 Å². The number of carbonyl (C=O) groups excluding carboxylic acids is 3. The predicted octanol–water partition coefficient (Wildman–Crippen LogP) is -2.08. The second-order valence-electron chi connectivity index (χ2n) is 8.36. The molecule has 5 rings (SSSR count). The third-order valence-electron chi connectivity index (χ3n) is 5.87. The first-order valence-electron chi connectivity index (χ1n) is 11.4. The van der Waals surface area contributed by atoms with Gasteiger partial charge >= 0.3 is 11.6 Å². The summed E-state index contributed by atoms with van der Waals surface area (Å²) >= 11 is 2.14. The third-order valence-corrected chi connectivity index (χ3v) is 7.75. The van der Waals surface area contributed by atoms with Gasteiger partial charge in [0.25, 0.3) is 17.7 Å². The molecule has 6 N–H and O–H groups in total. The molecule has 0 spiro atoms. The monoisotopic (exact) mass is 589 g/mol. The van der Waals surface area contributed by atoms with Crippen LogP contribution in [0.5, 0.6) is 0 Å². The van der Waals surface area contributed by atoms with Crippen LogP contribution in [0.25, 0.3) is 5.65 Å². The zero-order valence-corrected chi connectivity index (χ0v) is 22.2. The molecule has 0 saturated carbocycles. The lowest BCUT2D eigenvalue weighted by Gasteiger charge is -2.49. The average Bonchev–Trinajstić information content (AvgIpc) is 3.54. The number of aliphatic carboxylic acids is 1. The topological polar surface area (TPSA) is 234 Å². The van der Waals surface area contributed by atoms with Crippen molar-refractivity contribution in [2.45, 2.75) is 18.0 Å². The van der Waals surface area contributed by atoms with E-state index < -0.39 is 35.1 Å². The maximum absolute atomic E-state index is 13.1. The Balaban J connectivity index is 1.36. The van der Waals surface area contributed by atoms with Crippen LogP contribution in [-0.4, -0.2) is 89.5 Å². The molecule has 2 atom stereocenters. The van der Waals surface area contributed by atoms with E-state index in [0.29, 0.717) is 11.2 Å². The van der Waals surface area contributed by atoms with Gasteiger partial charge in [-0.25, -0.2) is 9.36 Å².